The molecular weight excluding hydrogens is 168 g/mol. The molecule has 3 heteroatoms. The van der Waals surface area contributed by atoms with Gasteiger partial charge in [0.15, 0.2) is 5.43 Å². The molecule has 0 aliphatic carbocycles. The first-order chi connectivity index (χ1) is 6.16. The molecule has 13 heavy (non-hydrogen) atoms. The van der Waals surface area contributed by atoms with E-state index in [1.165, 1.54) is 18.2 Å². The minimum absolute atomic E-state index is 0.0845. The third-order valence-corrected chi connectivity index (χ3v) is 1.84. The highest BCUT2D eigenvalue weighted by Crippen LogP contribution is 2.17. The van der Waals surface area contributed by atoms with E-state index in [-0.39, 0.29) is 11.2 Å². The summed E-state index contributed by atoms with van der Waals surface area (Å²) >= 11 is 0. The van der Waals surface area contributed by atoms with Crippen LogP contribution in [0.4, 0.5) is 0 Å². The van der Waals surface area contributed by atoms with Gasteiger partial charge in [-0.3, -0.25) is 4.79 Å². The van der Waals surface area contributed by atoms with Gasteiger partial charge in [-0.05, 0) is 19.1 Å². The van der Waals surface area contributed by atoms with Crippen molar-refractivity contribution < 1.29 is 9.52 Å². The van der Waals surface area contributed by atoms with E-state index in [0.29, 0.717) is 16.7 Å². The molecule has 3 nitrogen and oxygen atoms in total. The topological polar surface area (TPSA) is 50.4 Å². The Balaban J connectivity index is 2.95. The van der Waals surface area contributed by atoms with Crippen LogP contribution in [-0.2, 0) is 0 Å². The number of hydrogen-bond acceptors (Lipinski definition) is 3. The van der Waals surface area contributed by atoms with Gasteiger partial charge in [0.05, 0.1) is 5.39 Å². The number of hydrogen-bond donors (Lipinski definition) is 1. The second-order valence-corrected chi connectivity index (χ2v) is 2.90. The molecule has 0 spiro atoms. The Bertz CT molecular complexity index is 506. The van der Waals surface area contributed by atoms with Crippen molar-refractivity contribution in [3.8, 4) is 5.75 Å². The summed E-state index contributed by atoms with van der Waals surface area (Å²) in [4.78, 5) is 11.4. The molecule has 0 atom stereocenters. The standard InChI is InChI=1S/C10H8O3/c1-6-4-9(12)8-3-2-7(11)5-10(8)13-6/h2-5,11H,1H3. The molecule has 0 amide bonds. The molecule has 0 bridgehead atoms. The Kier molecular flexibility index (Phi) is 1.59. The quantitative estimate of drug-likeness (QED) is 0.665. The molecule has 1 aromatic carbocycles. The molecule has 66 valence electrons. The highest BCUT2D eigenvalue weighted by Gasteiger charge is 2.02. The first-order valence-electron chi connectivity index (χ1n) is 3.90. The number of aryl methyl sites for hydroxylation is 1. The fraction of sp³-hybridized carbons (Fsp3) is 0.100. The summed E-state index contributed by atoms with van der Waals surface area (Å²) in [5.41, 5.74) is 0.337. The van der Waals surface area contributed by atoms with Crippen LogP contribution < -0.4 is 5.43 Å². The van der Waals surface area contributed by atoms with Gasteiger partial charge in [0.2, 0.25) is 0 Å². The zero-order valence-electron chi connectivity index (χ0n) is 7.07. The first kappa shape index (κ1) is 7.86. The fourth-order valence-corrected chi connectivity index (χ4v) is 1.26. The third kappa shape index (κ3) is 1.28. The van der Waals surface area contributed by atoms with Crippen molar-refractivity contribution in [1.82, 2.24) is 0 Å². The average molecular weight is 176 g/mol. The molecule has 0 radical (unpaired) electrons. The predicted molar refractivity (Wildman–Crippen MR) is 48.9 cm³/mol. The lowest BCUT2D eigenvalue weighted by Gasteiger charge is -1.98. The highest BCUT2D eigenvalue weighted by molar-refractivity contribution is 5.77. The molecule has 0 unspecified atom stereocenters. The summed E-state index contributed by atoms with van der Waals surface area (Å²) < 4.78 is 5.26. The van der Waals surface area contributed by atoms with Gasteiger partial charge in [-0.25, -0.2) is 0 Å². The van der Waals surface area contributed by atoms with E-state index in [2.05, 4.69) is 0 Å². The van der Waals surface area contributed by atoms with E-state index in [4.69, 9.17) is 9.52 Å². The van der Waals surface area contributed by atoms with Crippen LogP contribution in [0.1, 0.15) is 5.76 Å². The fourth-order valence-electron chi connectivity index (χ4n) is 1.26. The largest absolute Gasteiger partial charge is 0.508 e. The minimum atomic E-state index is -0.0845. The number of benzene rings is 1. The number of fused-ring (bicyclic) bond motifs is 1. The van der Waals surface area contributed by atoms with E-state index in [1.54, 1.807) is 13.0 Å². The molecule has 0 aliphatic heterocycles. The molecule has 0 saturated heterocycles. The molecule has 1 N–H and O–H groups in total. The number of rotatable bonds is 0. The maximum Gasteiger partial charge on any atom is 0.192 e. The van der Waals surface area contributed by atoms with Crippen LogP contribution in [0.2, 0.25) is 0 Å². The molecular formula is C10H8O3. The lowest BCUT2D eigenvalue weighted by Crippen LogP contribution is -1.99. The van der Waals surface area contributed by atoms with Crippen LogP contribution in [0, 0.1) is 6.92 Å². The Morgan fingerprint density at radius 3 is 2.85 bits per heavy atom. The molecule has 2 aromatic rings. The molecule has 0 saturated carbocycles. The number of phenolic OH excluding ortho intramolecular Hbond substituents is 1. The maximum atomic E-state index is 11.4. The Hall–Kier alpha value is -1.77. The first-order valence-corrected chi connectivity index (χ1v) is 3.90. The van der Waals surface area contributed by atoms with Crippen LogP contribution >= 0.6 is 0 Å². The molecule has 1 heterocycles. The zero-order chi connectivity index (χ0) is 9.42. The molecule has 1 aromatic heterocycles. The van der Waals surface area contributed by atoms with Gasteiger partial charge in [-0.15, -0.1) is 0 Å². The number of phenols is 1. The minimum Gasteiger partial charge on any atom is -0.508 e. The van der Waals surface area contributed by atoms with Gasteiger partial charge in [0.1, 0.15) is 17.1 Å². The lowest BCUT2D eigenvalue weighted by atomic mass is 10.2. The monoisotopic (exact) mass is 176 g/mol. The molecule has 0 aliphatic rings. The van der Waals surface area contributed by atoms with Crippen molar-refractivity contribution in [3.05, 3.63) is 40.2 Å². The smallest absolute Gasteiger partial charge is 0.192 e. The SMILES string of the molecule is Cc1cc(=O)c2ccc(O)cc2o1. The zero-order valence-corrected chi connectivity index (χ0v) is 7.07. The average Bonchev–Trinajstić information content (AvgIpc) is 2.02. The van der Waals surface area contributed by atoms with Gasteiger partial charge in [-0.2, -0.15) is 0 Å². The summed E-state index contributed by atoms with van der Waals surface area (Å²) in [7, 11) is 0. The number of aromatic hydroxyl groups is 1. The summed E-state index contributed by atoms with van der Waals surface area (Å²) in [6.07, 6.45) is 0. The van der Waals surface area contributed by atoms with Crippen molar-refractivity contribution in [1.29, 1.82) is 0 Å². The van der Waals surface area contributed by atoms with Crippen molar-refractivity contribution in [2.24, 2.45) is 0 Å². The normalized spacial score (nSPS) is 10.5. The van der Waals surface area contributed by atoms with Crippen LogP contribution in [0.3, 0.4) is 0 Å². The van der Waals surface area contributed by atoms with E-state index >= 15 is 0 Å². The van der Waals surface area contributed by atoms with Crippen LogP contribution in [0.15, 0.2) is 33.5 Å². The van der Waals surface area contributed by atoms with Crippen molar-refractivity contribution >= 4 is 11.0 Å². The van der Waals surface area contributed by atoms with E-state index < -0.39 is 0 Å². The van der Waals surface area contributed by atoms with Gasteiger partial charge in [0, 0.05) is 12.1 Å². The van der Waals surface area contributed by atoms with E-state index in [9.17, 15) is 4.79 Å². The van der Waals surface area contributed by atoms with Crippen molar-refractivity contribution in [3.63, 3.8) is 0 Å². The van der Waals surface area contributed by atoms with Crippen LogP contribution in [-0.4, -0.2) is 5.11 Å². The lowest BCUT2D eigenvalue weighted by molar-refractivity contribution is 0.473. The summed E-state index contributed by atoms with van der Waals surface area (Å²) in [5.74, 6) is 0.643. The third-order valence-electron chi connectivity index (χ3n) is 1.84. The molecule has 0 fully saturated rings. The Labute approximate surface area is 74.2 Å². The maximum absolute atomic E-state index is 11.4. The predicted octanol–water partition coefficient (Wildman–Crippen LogP) is 1.81. The van der Waals surface area contributed by atoms with E-state index in [0.717, 1.165) is 0 Å². The summed E-state index contributed by atoms with van der Waals surface area (Å²) in [5, 5.41) is 9.64. The van der Waals surface area contributed by atoms with Gasteiger partial charge in [0.25, 0.3) is 0 Å². The summed E-state index contributed by atoms with van der Waals surface area (Å²) in [6, 6.07) is 5.88. The van der Waals surface area contributed by atoms with Gasteiger partial charge in [-0.1, -0.05) is 0 Å². The Morgan fingerprint density at radius 2 is 2.08 bits per heavy atom. The second-order valence-electron chi connectivity index (χ2n) is 2.90. The second kappa shape index (κ2) is 2.62. The summed E-state index contributed by atoms with van der Waals surface area (Å²) in [6.45, 7) is 1.70. The van der Waals surface area contributed by atoms with Gasteiger partial charge >= 0.3 is 0 Å². The Morgan fingerprint density at radius 1 is 1.31 bits per heavy atom. The van der Waals surface area contributed by atoms with Crippen LogP contribution in [0.25, 0.3) is 11.0 Å². The van der Waals surface area contributed by atoms with Crippen molar-refractivity contribution in [2.75, 3.05) is 0 Å². The van der Waals surface area contributed by atoms with E-state index in [1.807, 2.05) is 0 Å². The van der Waals surface area contributed by atoms with Crippen LogP contribution in [0.5, 0.6) is 5.75 Å². The van der Waals surface area contributed by atoms with Gasteiger partial charge < -0.3 is 9.52 Å². The van der Waals surface area contributed by atoms with Crippen molar-refractivity contribution in [2.45, 2.75) is 6.92 Å². The molecule has 2 rings (SSSR count). The highest BCUT2D eigenvalue weighted by atomic mass is 16.3.